The van der Waals surface area contributed by atoms with Gasteiger partial charge in [-0.1, -0.05) is 18.2 Å². The average Bonchev–Trinajstić information content (AvgIpc) is 3.57. The number of pyridine rings is 2. The third-order valence-electron chi connectivity index (χ3n) is 5.68. The number of rotatable bonds is 5. The fourth-order valence-corrected chi connectivity index (χ4v) is 5.46. The van der Waals surface area contributed by atoms with Crippen molar-refractivity contribution >= 4 is 17.0 Å². The van der Waals surface area contributed by atoms with Crippen molar-refractivity contribution in [3.8, 4) is 28.3 Å². The molecule has 2 N–H and O–H groups in total. The van der Waals surface area contributed by atoms with Crippen LogP contribution >= 0.6 is 0 Å². The van der Waals surface area contributed by atoms with E-state index in [1.165, 1.54) is 16.4 Å². The van der Waals surface area contributed by atoms with Crippen LogP contribution < -0.4 is 26.9 Å². The molecule has 0 radical (unpaired) electrons. The van der Waals surface area contributed by atoms with Crippen LogP contribution in [-0.2, 0) is 6.42 Å². The van der Waals surface area contributed by atoms with Gasteiger partial charge in [0.1, 0.15) is 0 Å². The number of nitrogens with two attached hydrogens (primary N) is 1. The zero-order valence-electron chi connectivity index (χ0n) is 17.3. The van der Waals surface area contributed by atoms with Crippen LogP contribution in [-0.4, -0.2) is 27.9 Å². The Hall–Kier alpha value is -3.26. The zero-order chi connectivity index (χ0) is 21.5. The molecule has 1 aliphatic heterocycles. The number of hydrogen-bond donors (Lipinski definition) is 1. The van der Waals surface area contributed by atoms with E-state index >= 15 is 0 Å². The number of anilines is 1. The summed E-state index contributed by atoms with van der Waals surface area (Å²) in [5, 5.41) is 0. The summed E-state index contributed by atoms with van der Waals surface area (Å²) < 4.78 is 4.53. The number of alkyl halides is 2. The molecule has 158 valence electrons. The summed E-state index contributed by atoms with van der Waals surface area (Å²) in [4.78, 5) is 14.2. The topological polar surface area (TPSA) is 69.6 Å². The molecule has 2 aromatic carbocycles. The van der Waals surface area contributed by atoms with Crippen molar-refractivity contribution in [1.29, 1.82) is 0 Å². The van der Waals surface area contributed by atoms with Crippen LogP contribution in [0.1, 0.15) is 5.56 Å². The zero-order valence-corrected chi connectivity index (χ0v) is 19.5. The summed E-state index contributed by atoms with van der Waals surface area (Å²) in [6.45, 7) is 0. The Balaban J connectivity index is 1.55. The first-order valence-electron chi connectivity index (χ1n) is 10.6. The maximum atomic E-state index is 6.25. The van der Waals surface area contributed by atoms with Gasteiger partial charge in [-0.3, -0.25) is 0 Å². The molecule has 1 atom stereocenters. The first kappa shape index (κ1) is 19.4. The summed E-state index contributed by atoms with van der Waals surface area (Å²) in [6, 6.07) is 26.9. The standard InChI is InChI=1S/C26H21IN5/c28-24-21(7-4-14-29-24)25-31-23-13-12-22(18-5-2-1-3-6-18)30-26(23)32(25)20-10-8-17(9-11-20)15-19-16-27-19/h1-14,19H,15-16H2,(H2,28,29)/q-1. The predicted molar refractivity (Wildman–Crippen MR) is 124 cm³/mol. The van der Waals surface area contributed by atoms with Crippen molar-refractivity contribution in [3.05, 3.63) is 90.6 Å². The van der Waals surface area contributed by atoms with Crippen molar-refractivity contribution in [2.45, 2.75) is 10.3 Å². The second kappa shape index (κ2) is 8.02. The molecule has 5 aromatic rings. The van der Waals surface area contributed by atoms with E-state index in [2.05, 4.69) is 45.9 Å². The van der Waals surface area contributed by atoms with Crippen molar-refractivity contribution in [3.63, 3.8) is 0 Å². The number of benzene rings is 2. The molecule has 6 rings (SSSR count). The Kier molecular flexibility index (Phi) is 4.87. The van der Waals surface area contributed by atoms with Gasteiger partial charge >= 0.3 is 179 Å². The summed E-state index contributed by atoms with van der Waals surface area (Å²) in [7, 11) is 0. The van der Waals surface area contributed by atoms with Crippen LogP contribution in [0.3, 0.4) is 0 Å². The number of halogens is 1. The van der Waals surface area contributed by atoms with Gasteiger partial charge in [0, 0.05) is 0 Å². The molecule has 1 saturated heterocycles. The van der Waals surface area contributed by atoms with Crippen LogP contribution in [0.15, 0.2) is 85.1 Å². The third-order valence-corrected chi connectivity index (χ3v) is 8.24. The quantitative estimate of drug-likeness (QED) is 0.278. The number of imidazole rings is 1. The van der Waals surface area contributed by atoms with Gasteiger partial charge in [0.15, 0.2) is 0 Å². The summed E-state index contributed by atoms with van der Waals surface area (Å²) in [6.07, 6.45) is 2.91. The summed E-state index contributed by atoms with van der Waals surface area (Å²) in [5.41, 5.74) is 13.1. The van der Waals surface area contributed by atoms with Crippen molar-refractivity contribution in [2.75, 3.05) is 10.2 Å². The van der Waals surface area contributed by atoms with E-state index in [9.17, 15) is 0 Å². The Morgan fingerprint density at radius 3 is 2.47 bits per heavy atom. The number of nitrogen functional groups attached to an aromatic ring is 1. The molecular weight excluding hydrogens is 509 g/mol. The van der Waals surface area contributed by atoms with Crippen LogP contribution in [0.25, 0.3) is 39.5 Å². The predicted octanol–water partition coefficient (Wildman–Crippen LogP) is 1.75. The molecule has 3 aromatic heterocycles. The maximum absolute atomic E-state index is 6.25. The average molecular weight is 530 g/mol. The Morgan fingerprint density at radius 1 is 0.906 bits per heavy atom. The van der Waals surface area contributed by atoms with Crippen molar-refractivity contribution in [1.82, 2.24) is 19.5 Å². The number of nitrogens with zero attached hydrogens (tertiary/aromatic N) is 4. The van der Waals surface area contributed by atoms with Crippen molar-refractivity contribution in [2.24, 2.45) is 0 Å². The number of hydrogen-bond acceptors (Lipinski definition) is 4. The van der Waals surface area contributed by atoms with E-state index in [1.807, 2.05) is 42.5 Å². The summed E-state index contributed by atoms with van der Waals surface area (Å²) in [5.74, 6) is 1.21. The fraction of sp³-hybridized carbons (Fsp3) is 0.115. The van der Waals surface area contributed by atoms with E-state index in [-0.39, 0.29) is 0 Å². The van der Waals surface area contributed by atoms with Gasteiger partial charge < -0.3 is 0 Å². The molecule has 5 nitrogen and oxygen atoms in total. The molecule has 32 heavy (non-hydrogen) atoms. The van der Waals surface area contributed by atoms with Crippen molar-refractivity contribution < 1.29 is 21.2 Å². The monoisotopic (exact) mass is 530 g/mol. The Bertz CT molecular complexity index is 1410. The molecule has 0 bridgehead atoms. The second-order valence-electron chi connectivity index (χ2n) is 7.89. The molecular formula is C26H21IN5-. The van der Waals surface area contributed by atoms with Crippen LogP contribution in [0.5, 0.6) is 0 Å². The second-order valence-corrected chi connectivity index (χ2v) is 11.4. The third kappa shape index (κ3) is 3.64. The minimum atomic E-state index is 0.460. The van der Waals surface area contributed by atoms with Crippen LogP contribution in [0.4, 0.5) is 5.82 Å². The van der Waals surface area contributed by atoms with E-state index in [4.69, 9.17) is 15.7 Å². The molecule has 0 aliphatic carbocycles. The van der Waals surface area contributed by atoms with E-state index < -0.39 is 0 Å². The number of fused-ring (bicyclic) bond motifs is 1. The Morgan fingerprint density at radius 2 is 1.72 bits per heavy atom. The van der Waals surface area contributed by atoms with Gasteiger partial charge in [-0.2, -0.15) is 0 Å². The number of aromatic nitrogens is 4. The molecule has 0 spiro atoms. The van der Waals surface area contributed by atoms with Gasteiger partial charge in [-0.25, -0.2) is 0 Å². The van der Waals surface area contributed by atoms with Gasteiger partial charge in [-0.05, 0) is 0 Å². The minimum absolute atomic E-state index is 0.460. The molecule has 1 unspecified atom stereocenters. The van der Waals surface area contributed by atoms with Gasteiger partial charge in [-0.15, -0.1) is 0 Å². The molecule has 6 heteroatoms. The molecule has 0 amide bonds. The van der Waals surface area contributed by atoms with Gasteiger partial charge in [0.05, 0.1) is 0 Å². The fourth-order valence-electron chi connectivity index (χ4n) is 3.97. The SMILES string of the molecule is Nc1ncccc1-c1nc2ccc(-c3ccccc3)nc2n1-c1ccc(CC2C[I-]2)cc1. The van der Waals surface area contributed by atoms with Gasteiger partial charge in [0.25, 0.3) is 0 Å². The van der Waals surface area contributed by atoms with E-state index in [0.717, 1.165) is 43.4 Å². The summed E-state index contributed by atoms with van der Waals surface area (Å²) >= 11 is 0.467. The molecule has 0 saturated carbocycles. The van der Waals surface area contributed by atoms with Gasteiger partial charge in [0.2, 0.25) is 0 Å². The normalized spacial score (nSPS) is 15.4. The first-order valence-corrected chi connectivity index (χ1v) is 13.4. The van der Waals surface area contributed by atoms with Crippen LogP contribution in [0, 0.1) is 0 Å². The molecule has 1 aliphatic rings. The first-order chi connectivity index (χ1) is 15.8. The molecule has 1 fully saturated rings. The van der Waals surface area contributed by atoms with E-state index in [0.29, 0.717) is 27.0 Å². The van der Waals surface area contributed by atoms with Crippen LogP contribution in [0.2, 0.25) is 0 Å². The Labute approximate surface area is 196 Å². The van der Waals surface area contributed by atoms with E-state index in [1.54, 1.807) is 6.20 Å². The molecule has 4 heterocycles.